The fourth-order valence-corrected chi connectivity index (χ4v) is 7.43. The van der Waals surface area contributed by atoms with Gasteiger partial charge in [-0.25, -0.2) is 0 Å². The minimum absolute atomic E-state index is 0.0658. The fourth-order valence-electron chi connectivity index (χ4n) is 7.43. The van der Waals surface area contributed by atoms with Crippen molar-refractivity contribution in [3.8, 4) is 0 Å². The van der Waals surface area contributed by atoms with Crippen LogP contribution in [0.1, 0.15) is 65.7 Å². The highest BCUT2D eigenvalue weighted by Crippen LogP contribution is 2.67. The zero-order valence-corrected chi connectivity index (χ0v) is 17.5. The van der Waals surface area contributed by atoms with E-state index in [0.29, 0.717) is 25.7 Å². The monoisotopic (exact) mass is 402 g/mol. The van der Waals surface area contributed by atoms with Crippen molar-refractivity contribution in [2.75, 3.05) is 6.61 Å². The van der Waals surface area contributed by atoms with E-state index >= 15 is 0 Å². The molecule has 3 fully saturated rings. The molecule has 0 heterocycles. The van der Waals surface area contributed by atoms with Gasteiger partial charge < -0.3 is 9.84 Å². The molecule has 29 heavy (non-hydrogen) atoms. The predicted molar refractivity (Wildman–Crippen MR) is 104 cm³/mol. The lowest BCUT2D eigenvalue weighted by molar-refractivity contribution is -0.190. The van der Waals surface area contributed by atoms with E-state index in [4.69, 9.17) is 4.74 Å². The van der Waals surface area contributed by atoms with Crippen LogP contribution in [0.5, 0.6) is 0 Å². The van der Waals surface area contributed by atoms with Crippen molar-refractivity contribution >= 4 is 23.3 Å². The van der Waals surface area contributed by atoms with Crippen LogP contribution in [-0.4, -0.2) is 40.6 Å². The van der Waals surface area contributed by atoms with Crippen LogP contribution in [0.15, 0.2) is 11.6 Å². The number of rotatable bonds is 3. The van der Waals surface area contributed by atoms with Crippen LogP contribution in [0.4, 0.5) is 0 Å². The highest BCUT2D eigenvalue weighted by atomic mass is 16.6. The Morgan fingerprint density at radius 3 is 2.55 bits per heavy atom. The van der Waals surface area contributed by atoms with E-state index in [-0.39, 0.29) is 41.2 Å². The van der Waals surface area contributed by atoms with Gasteiger partial charge in [-0.15, -0.1) is 0 Å². The molecule has 3 saturated carbocycles. The summed E-state index contributed by atoms with van der Waals surface area (Å²) in [7, 11) is 0. The Morgan fingerprint density at radius 1 is 1.17 bits per heavy atom. The summed E-state index contributed by atoms with van der Waals surface area (Å²) in [5.41, 5.74) is -1.44. The van der Waals surface area contributed by atoms with Crippen molar-refractivity contribution in [3.05, 3.63) is 11.6 Å². The summed E-state index contributed by atoms with van der Waals surface area (Å²) >= 11 is 0. The number of carbonyl (C=O) groups is 4. The number of Topliss-reactive ketones (excluding diaryl/α,β-unsaturated/α-hetero) is 2. The molecule has 1 N–H and O–H groups in total. The minimum atomic E-state index is -1.43. The van der Waals surface area contributed by atoms with E-state index < -0.39 is 29.4 Å². The van der Waals surface area contributed by atoms with Crippen molar-refractivity contribution in [3.63, 3.8) is 0 Å². The maximum Gasteiger partial charge on any atom is 0.303 e. The molecule has 4 rings (SSSR count). The first-order chi connectivity index (χ1) is 13.6. The number of carbonyl (C=O) groups excluding carboxylic acids is 4. The van der Waals surface area contributed by atoms with Gasteiger partial charge in [-0.3, -0.25) is 19.2 Å². The number of esters is 1. The lowest BCUT2D eigenvalue weighted by Gasteiger charge is -2.58. The van der Waals surface area contributed by atoms with Gasteiger partial charge in [-0.1, -0.05) is 19.4 Å². The van der Waals surface area contributed by atoms with Crippen LogP contribution in [-0.2, 0) is 23.9 Å². The van der Waals surface area contributed by atoms with Gasteiger partial charge in [0.25, 0.3) is 0 Å². The van der Waals surface area contributed by atoms with Gasteiger partial charge in [0.15, 0.2) is 11.4 Å². The highest BCUT2D eigenvalue weighted by Gasteiger charge is 2.70. The molecular formula is C23H30O6. The van der Waals surface area contributed by atoms with E-state index in [1.807, 2.05) is 6.92 Å². The predicted octanol–water partition coefficient (Wildman–Crippen LogP) is 2.56. The van der Waals surface area contributed by atoms with Crippen molar-refractivity contribution in [2.24, 2.45) is 28.6 Å². The summed E-state index contributed by atoms with van der Waals surface area (Å²) < 4.78 is 5.64. The van der Waals surface area contributed by atoms with Gasteiger partial charge in [0.1, 0.15) is 12.4 Å². The van der Waals surface area contributed by atoms with Crippen molar-refractivity contribution in [2.45, 2.75) is 71.3 Å². The Morgan fingerprint density at radius 2 is 1.90 bits per heavy atom. The largest absolute Gasteiger partial charge is 0.451 e. The molecule has 4 aliphatic carbocycles. The van der Waals surface area contributed by atoms with Gasteiger partial charge >= 0.3 is 5.97 Å². The molecule has 0 aliphatic heterocycles. The highest BCUT2D eigenvalue weighted by molar-refractivity contribution is 5.95. The normalized spacial score (nSPS) is 43.7. The third-order valence-corrected chi connectivity index (χ3v) is 8.69. The van der Waals surface area contributed by atoms with E-state index in [1.54, 1.807) is 6.08 Å². The fraction of sp³-hybridized carbons (Fsp3) is 0.739. The number of hydrogen-bond acceptors (Lipinski definition) is 6. The van der Waals surface area contributed by atoms with Crippen molar-refractivity contribution < 1.29 is 29.0 Å². The Balaban J connectivity index is 1.77. The maximum absolute atomic E-state index is 13.6. The molecule has 0 saturated heterocycles. The molecule has 0 aromatic carbocycles. The molecule has 0 bridgehead atoms. The summed E-state index contributed by atoms with van der Waals surface area (Å²) in [4.78, 5) is 50.3. The van der Waals surface area contributed by atoms with Crippen LogP contribution in [0, 0.1) is 28.6 Å². The third kappa shape index (κ3) is 2.64. The number of aliphatic hydroxyl groups excluding tert-OH is 1. The number of ketones is 3. The van der Waals surface area contributed by atoms with Gasteiger partial charge in [0, 0.05) is 31.1 Å². The van der Waals surface area contributed by atoms with E-state index in [1.165, 1.54) is 6.92 Å². The topological polar surface area (TPSA) is 97.7 Å². The van der Waals surface area contributed by atoms with Gasteiger partial charge in [-0.05, 0) is 55.4 Å². The molecule has 0 radical (unpaired) electrons. The molecule has 158 valence electrons. The first-order valence-corrected chi connectivity index (χ1v) is 10.7. The number of fused-ring (bicyclic) bond motifs is 5. The molecule has 0 aromatic rings. The van der Waals surface area contributed by atoms with Gasteiger partial charge in [-0.2, -0.15) is 0 Å². The molecule has 6 nitrogen and oxygen atoms in total. The molecule has 0 aromatic heterocycles. The number of ether oxygens (including phenoxy) is 1. The average molecular weight is 402 g/mol. The number of hydrogen-bond donors (Lipinski definition) is 1. The van der Waals surface area contributed by atoms with Crippen molar-refractivity contribution in [1.82, 2.24) is 0 Å². The standard InChI is InChI=1S/C23H30O6/c1-13(25)29-23(19(28)12-24)9-7-17-16-5-4-14-10-15(26)6-8-21(14,2)20(16)18(27)11-22(17,23)3/h10,16-17,20,24H,4-9,11-12H2,1-3H3/t16-,17-,20+,21-,22-,23+/m0/s1. The summed E-state index contributed by atoms with van der Waals surface area (Å²) in [6.45, 7) is 4.59. The first kappa shape index (κ1) is 20.5. The number of aliphatic hydroxyl groups is 1. The minimum Gasteiger partial charge on any atom is -0.451 e. The first-order valence-electron chi connectivity index (χ1n) is 10.7. The Kier molecular flexibility index (Phi) is 4.65. The van der Waals surface area contributed by atoms with Gasteiger partial charge in [0.05, 0.1) is 0 Å². The van der Waals surface area contributed by atoms with Crippen LogP contribution >= 0.6 is 0 Å². The average Bonchev–Trinajstić information content (AvgIpc) is 2.93. The molecule has 0 spiro atoms. The van der Waals surface area contributed by atoms with Crippen molar-refractivity contribution in [1.29, 1.82) is 0 Å². The van der Waals surface area contributed by atoms with Crippen LogP contribution in [0.25, 0.3) is 0 Å². The zero-order valence-electron chi connectivity index (χ0n) is 17.5. The van der Waals surface area contributed by atoms with E-state index in [2.05, 4.69) is 6.92 Å². The smallest absolute Gasteiger partial charge is 0.303 e. The summed E-state index contributed by atoms with van der Waals surface area (Å²) in [6.07, 6.45) is 5.71. The van der Waals surface area contributed by atoms with E-state index in [0.717, 1.165) is 18.4 Å². The maximum atomic E-state index is 13.6. The molecule has 4 aliphatic rings. The second-order valence-electron chi connectivity index (χ2n) is 9.94. The van der Waals surface area contributed by atoms with Gasteiger partial charge in [0.2, 0.25) is 5.78 Å². The third-order valence-electron chi connectivity index (χ3n) is 8.69. The van der Waals surface area contributed by atoms with E-state index in [9.17, 15) is 24.3 Å². The SMILES string of the molecule is CC(=O)O[C@@]1(C(=O)CO)CC[C@H]2[C@@H]3CCC4=CC(=O)CC[C@]4(C)[C@H]3C(=O)C[C@@]21C. The van der Waals surface area contributed by atoms with Crippen LogP contribution < -0.4 is 0 Å². The Labute approximate surface area is 171 Å². The van der Waals surface area contributed by atoms with Crippen LogP contribution in [0.2, 0.25) is 0 Å². The van der Waals surface area contributed by atoms with Crippen LogP contribution in [0.3, 0.4) is 0 Å². The molecule has 0 unspecified atom stereocenters. The molecular weight excluding hydrogens is 372 g/mol. The zero-order chi connectivity index (χ0) is 21.2. The lowest BCUT2D eigenvalue weighted by atomic mass is 9.46. The Hall–Kier alpha value is -1.82. The molecule has 6 atom stereocenters. The molecule has 6 heteroatoms. The second-order valence-corrected chi connectivity index (χ2v) is 9.94. The number of allylic oxidation sites excluding steroid dienone is 1. The summed E-state index contributed by atoms with van der Waals surface area (Å²) in [5.74, 6) is -0.819. The Bertz CT molecular complexity index is 827. The lowest BCUT2D eigenvalue weighted by Crippen LogP contribution is -2.62. The summed E-state index contributed by atoms with van der Waals surface area (Å²) in [5, 5.41) is 9.63. The second kappa shape index (κ2) is 6.59. The molecule has 0 amide bonds. The summed E-state index contributed by atoms with van der Waals surface area (Å²) in [6, 6.07) is 0. The quantitative estimate of drug-likeness (QED) is 0.729.